The zero-order valence-electron chi connectivity index (χ0n) is 11.2. The first-order valence-electron chi connectivity index (χ1n) is 6.19. The molecule has 0 heterocycles. The summed E-state index contributed by atoms with van der Waals surface area (Å²) >= 11 is 6.03. The molecule has 21 heavy (non-hydrogen) atoms. The maximum Gasteiger partial charge on any atom is 0.573 e. The van der Waals surface area contributed by atoms with Crippen LogP contribution in [0.4, 0.5) is 18.9 Å². The Morgan fingerprint density at radius 2 is 1.86 bits per heavy atom. The number of hydrogen-bond acceptors (Lipinski definition) is 2. The summed E-state index contributed by atoms with van der Waals surface area (Å²) in [6, 6.07) is 11.4. The largest absolute Gasteiger partial charge is 0.573 e. The molecule has 0 saturated heterocycles. The number of nitrogens with one attached hydrogen (secondary N) is 1. The zero-order valence-corrected chi connectivity index (χ0v) is 11.9. The van der Waals surface area contributed by atoms with E-state index in [1.165, 1.54) is 12.1 Å². The average Bonchev–Trinajstić information content (AvgIpc) is 2.39. The molecule has 0 radical (unpaired) electrons. The highest BCUT2D eigenvalue weighted by molar-refractivity contribution is 6.33. The maximum atomic E-state index is 12.3. The van der Waals surface area contributed by atoms with E-state index in [4.69, 9.17) is 11.6 Å². The van der Waals surface area contributed by atoms with E-state index in [-0.39, 0.29) is 12.3 Å². The molecule has 0 saturated carbocycles. The SMILES string of the molecule is Cc1ccc(Cl)c(NCc2ccccc2OC(F)(F)F)c1. The van der Waals surface area contributed by atoms with Crippen LogP contribution in [-0.4, -0.2) is 6.36 Å². The number of rotatable bonds is 4. The standard InChI is InChI=1S/C15H13ClF3NO/c1-10-6-7-12(16)13(8-10)20-9-11-4-2-3-5-14(11)21-15(17,18)19/h2-8,20H,9H2,1H3. The molecule has 0 aliphatic heterocycles. The molecule has 2 aromatic rings. The summed E-state index contributed by atoms with van der Waals surface area (Å²) in [7, 11) is 0. The molecule has 6 heteroatoms. The molecule has 2 aromatic carbocycles. The van der Waals surface area contributed by atoms with Gasteiger partial charge in [-0.05, 0) is 30.7 Å². The molecule has 0 amide bonds. The second-order valence-corrected chi connectivity index (χ2v) is 4.90. The number of halogens is 4. The van der Waals surface area contributed by atoms with Crippen LogP contribution in [0.2, 0.25) is 5.02 Å². The van der Waals surface area contributed by atoms with Gasteiger partial charge in [0.15, 0.2) is 0 Å². The van der Waals surface area contributed by atoms with Crippen molar-refractivity contribution in [2.45, 2.75) is 19.8 Å². The summed E-state index contributed by atoms with van der Waals surface area (Å²) in [6.07, 6.45) is -4.71. The van der Waals surface area contributed by atoms with Crippen molar-refractivity contribution in [3.63, 3.8) is 0 Å². The molecular weight excluding hydrogens is 303 g/mol. The normalized spacial score (nSPS) is 11.3. The number of hydrogen-bond donors (Lipinski definition) is 1. The topological polar surface area (TPSA) is 21.3 Å². The quantitative estimate of drug-likeness (QED) is 0.841. The summed E-state index contributed by atoms with van der Waals surface area (Å²) in [5.74, 6) is -0.221. The molecule has 1 N–H and O–H groups in total. The molecule has 0 aliphatic rings. The van der Waals surface area contributed by atoms with Crippen molar-refractivity contribution in [1.29, 1.82) is 0 Å². The highest BCUT2D eigenvalue weighted by atomic mass is 35.5. The van der Waals surface area contributed by atoms with Crippen molar-refractivity contribution < 1.29 is 17.9 Å². The molecule has 112 valence electrons. The van der Waals surface area contributed by atoms with Gasteiger partial charge in [0.05, 0.1) is 10.7 Å². The van der Waals surface area contributed by atoms with Gasteiger partial charge in [-0.2, -0.15) is 0 Å². The minimum atomic E-state index is -4.71. The summed E-state index contributed by atoms with van der Waals surface area (Å²) in [5.41, 5.74) is 2.06. The van der Waals surface area contributed by atoms with Gasteiger partial charge in [-0.1, -0.05) is 35.9 Å². The number of ether oxygens (including phenoxy) is 1. The first-order valence-corrected chi connectivity index (χ1v) is 6.56. The molecule has 0 bridgehead atoms. The van der Waals surface area contributed by atoms with Gasteiger partial charge in [-0.3, -0.25) is 0 Å². The number of alkyl halides is 3. The number of aryl methyl sites for hydroxylation is 1. The number of benzene rings is 2. The van der Waals surface area contributed by atoms with Gasteiger partial charge in [0.25, 0.3) is 0 Å². The Morgan fingerprint density at radius 1 is 1.14 bits per heavy atom. The molecule has 2 rings (SSSR count). The fourth-order valence-electron chi connectivity index (χ4n) is 1.84. The summed E-state index contributed by atoms with van der Waals surface area (Å²) in [5, 5.41) is 3.53. The third-order valence-electron chi connectivity index (χ3n) is 2.79. The van der Waals surface area contributed by atoms with Crippen LogP contribution >= 0.6 is 11.6 Å². The monoisotopic (exact) mass is 315 g/mol. The van der Waals surface area contributed by atoms with Crippen molar-refractivity contribution in [2.24, 2.45) is 0 Å². The van der Waals surface area contributed by atoms with Gasteiger partial charge >= 0.3 is 6.36 Å². The highest BCUT2D eigenvalue weighted by Crippen LogP contribution is 2.28. The van der Waals surface area contributed by atoms with E-state index < -0.39 is 6.36 Å². The molecule has 0 aromatic heterocycles. The lowest BCUT2D eigenvalue weighted by Crippen LogP contribution is -2.18. The lowest BCUT2D eigenvalue weighted by molar-refractivity contribution is -0.274. The van der Waals surface area contributed by atoms with E-state index in [1.807, 2.05) is 19.1 Å². The fourth-order valence-corrected chi connectivity index (χ4v) is 2.02. The minimum Gasteiger partial charge on any atom is -0.405 e. The first-order chi connectivity index (χ1) is 9.85. The second kappa shape index (κ2) is 6.26. The van der Waals surface area contributed by atoms with Crippen molar-refractivity contribution in [3.8, 4) is 5.75 Å². The molecule has 0 unspecified atom stereocenters. The van der Waals surface area contributed by atoms with Gasteiger partial charge in [0.1, 0.15) is 5.75 Å². The molecule has 0 aliphatic carbocycles. The van der Waals surface area contributed by atoms with Crippen molar-refractivity contribution in [3.05, 3.63) is 58.6 Å². The van der Waals surface area contributed by atoms with Crippen LogP contribution in [0.3, 0.4) is 0 Å². The molecule has 0 fully saturated rings. The minimum absolute atomic E-state index is 0.176. The fraction of sp³-hybridized carbons (Fsp3) is 0.200. The van der Waals surface area contributed by atoms with E-state index in [9.17, 15) is 13.2 Å². The summed E-state index contributed by atoms with van der Waals surface area (Å²) in [4.78, 5) is 0. The van der Waals surface area contributed by atoms with E-state index in [0.29, 0.717) is 16.3 Å². The van der Waals surface area contributed by atoms with Gasteiger partial charge < -0.3 is 10.1 Å². The highest BCUT2D eigenvalue weighted by Gasteiger charge is 2.31. The Balaban J connectivity index is 2.15. The molecular formula is C15H13ClF3NO. The van der Waals surface area contributed by atoms with Crippen molar-refractivity contribution in [2.75, 3.05) is 5.32 Å². The average molecular weight is 316 g/mol. The van der Waals surface area contributed by atoms with E-state index >= 15 is 0 Å². The van der Waals surface area contributed by atoms with Crippen LogP contribution in [0.15, 0.2) is 42.5 Å². The third kappa shape index (κ3) is 4.56. The van der Waals surface area contributed by atoms with Crippen LogP contribution < -0.4 is 10.1 Å². The number of para-hydroxylation sites is 1. The van der Waals surface area contributed by atoms with Gasteiger partial charge in [0, 0.05) is 12.1 Å². The van der Waals surface area contributed by atoms with E-state index in [2.05, 4.69) is 10.1 Å². The lowest BCUT2D eigenvalue weighted by Gasteiger charge is -2.14. The second-order valence-electron chi connectivity index (χ2n) is 4.49. The van der Waals surface area contributed by atoms with Crippen molar-refractivity contribution >= 4 is 17.3 Å². The van der Waals surface area contributed by atoms with Gasteiger partial charge in [-0.15, -0.1) is 13.2 Å². The Kier molecular flexibility index (Phi) is 4.63. The van der Waals surface area contributed by atoms with E-state index in [0.717, 1.165) is 5.56 Å². The predicted molar refractivity (Wildman–Crippen MR) is 76.6 cm³/mol. The lowest BCUT2D eigenvalue weighted by atomic mass is 10.2. The smallest absolute Gasteiger partial charge is 0.405 e. The predicted octanol–water partition coefficient (Wildman–Crippen LogP) is 5.16. The van der Waals surface area contributed by atoms with E-state index in [1.54, 1.807) is 18.2 Å². The van der Waals surface area contributed by atoms with Crippen LogP contribution in [0.1, 0.15) is 11.1 Å². The van der Waals surface area contributed by atoms with Crippen LogP contribution in [-0.2, 0) is 6.54 Å². The van der Waals surface area contributed by atoms with Crippen LogP contribution in [0, 0.1) is 6.92 Å². The Hall–Kier alpha value is -1.88. The Labute approximate surface area is 125 Å². The van der Waals surface area contributed by atoms with Gasteiger partial charge in [0.2, 0.25) is 0 Å². The molecule has 0 atom stereocenters. The Bertz CT molecular complexity index is 629. The zero-order chi connectivity index (χ0) is 15.5. The van der Waals surface area contributed by atoms with Crippen LogP contribution in [0.5, 0.6) is 5.75 Å². The molecule has 2 nitrogen and oxygen atoms in total. The summed E-state index contributed by atoms with van der Waals surface area (Å²) in [6.45, 7) is 2.08. The summed E-state index contributed by atoms with van der Waals surface area (Å²) < 4.78 is 41.0. The van der Waals surface area contributed by atoms with Crippen LogP contribution in [0.25, 0.3) is 0 Å². The van der Waals surface area contributed by atoms with Gasteiger partial charge in [-0.25, -0.2) is 0 Å². The maximum absolute atomic E-state index is 12.3. The molecule has 0 spiro atoms. The van der Waals surface area contributed by atoms with Crippen molar-refractivity contribution in [1.82, 2.24) is 0 Å². The first kappa shape index (κ1) is 15.5. The third-order valence-corrected chi connectivity index (χ3v) is 3.12. The Morgan fingerprint density at radius 3 is 2.57 bits per heavy atom. The number of anilines is 1.